The molecule has 1 aromatic carbocycles. The molecule has 0 aliphatic carbocycles. The molecule has 18 heavy (non-hydrogen) atoms. The van der Waals surface area contributed by atoms with Crippen LogP contribution in [0, 0.1) is 0 Å². The Morgan fingerprint density at radius 2 is 2.17 bits per heavy atom. The Kier molecular flexibility index (Phi) is 3.64. The first kappa shape index (κ1) is 12.6. The summed E-state index contributed by atoms with van der Waals surface area (Å²) < 4.78 is 0. The lowest BCUT2D eigenvalue weighted by Crippen LogP contribution is -2.47. The van der Waals surface area contributed by atoms with Crippen LogP contribution < -0.4 is 11.2 Å². The number of H-pyrrole nitrogens is 1. The molecule has 0 radical (unpaired) electrons. The van der Waals surface area contributed by atoms with Crippen LogP contribution in [0.3, 0.4) is 0 Å². The van der Waals surface area contributed by atoms with Gasteiger partial charge in [-0.3, -0.25) is 10.2 Å². The summed E-state index contributed by atoms with van der Waals surface area (Å²) in [6.07, 6.45) is 2.43. The van der Waals surface area contributed by atoms with Crippen molar-refractivity contribution in [1.29, 1.82) is 0 Å². The molecular weight excluding hydrogens is 228 g/mol. The van der Waals surface area contributed by atoms with E-state index in [2.05, 4.69) is 10.4 Å². The number of carbonyl (C=O) groups is 1. The highest BCUT2D eigenvalue weighted by Gasteiger charge is 2.16. The monoisotopic (exact) mass is 246 g/mol. The first-order valence-electron chi connectivity index (χ1n) is 5.86. The topological polar surface area (TPSA) is 74.2 Å². The maximum atomic E-state index is 11.7. The van der Waals surface area contributed by atoms with Gasteiger partial charge in [0.25, 0.3) is 5.91 Å². The van der Waals surface area contributed by atoms with E-state index in [-0.39, 0.29) is 5.91 Å². The SMILES string of the molecule is CN(C)NC(=O)C(N)Cc1c[nH]c2ccccc12. The summed E-state index contributed by atoms with van der Waals surface area (Å²) in [5.41, 5.74) is 10.7. The molecule has 0 aliphatic heterocycles. The molecule has 1 unspecified atom stereocenters. The van der Waals surface area contributed by atoms with Gasteiger partial charge in [-0.2, -0.15) is 0 Å². The highest BCUT2D eigenvalue weighted by Crippen LogP contribution is 2.18. The van der Waals surface area contributed by atoms with Crippen LogP contribution >= 0.6 is 0 Å². The van der Waals surface area contributed by atoms with Crippen molar-refractivity contribution in [2.75, 3.05) is 14.1 Å². The van der Waals surface area contributed by atoms with Crippen LogP contribution in [0.5, 0.6) is 0 Å². The van der Waals surface area contributed by atoms with Gasteiger partial charge in [-0.15, -0.1) is 0 Å². The molecule has 0 spiro atoms. The highest BCUT2D eigenvalue weighted by atomic mass is 16.2. The first-order chi connectivity index (χ1) is 8.58. The number of para-hydroxylation sites is 1. The second-order valence-electron chi connectivity index (χ2n) is 4.54. The number of amides is 1. The lowest BCUT2D eigenvalue weighted by atomic mass is 10.1. The van der Waals surface area contributed by atoms with Crippen molar-refractivity contribution >= 4 is 16.8 Å². The van der Waals surface area contributed by atoms with Crippen LogP contribution in [-0.2, 0) is 11.2 Å². The number of nitrogens with zero attached hydrogens (tertiary/aromatic N) is 1. The molecule has 0 saturated carbocycles. The Hall–Kier alpha value is -1.85. The fourth-order valence-corrected chi connectivity index (χ4v) is 1.93. The van der Waals surface area contributed by atoms with E-state index >= 15 is 0 Å². The van der Waals surface area contributed by atoms with E-state index in [0.29, 0.717) is 6.42 Å². The van der Waals surface area contributed by atoms with E-state index in [4.69, 9.17) is 5.73 Å². The predicted octanol–water partition coefficient (Wildman–Crippen LogP) is 0.631. The van der Waals surface area contributed by atoms with Gasteiger partial charge in [0.15, 0.2) is 0 Å². The van der Waals surface area contributed by atoms with Crippen molar-refractivity contribution in [2.45, 2.75) is 12.5 Å². The summed E-state index contributed by atoms with van der Waals surface area (Å²) in [6, 6.07) is 7.43. The number of hydrogen-bond donors (Lipinski definition) is 3. The van der Waals surface area contributed by atoms with Crippen LogP contribution in [0.1, 0.15) is 5.56 Å². The molecular formula is C13H18N4O. The van der Waals surface area contributed by atoms with Gasteiger partial charge in [-0.25, -0.2) is 5.01 Å². The summed E-state index contributed by atoms with van der Waals surface area (Å²) in [5.74, 6) is -0.176. The third-order valence-corrected chi connectivity index (χ3v) is 2.79. The Bertz CT molecular complexity index is 547. The molecule has 0 fully saturated rings. The lowest BCUT2D eigenvalue weighted by Gasteiger charge is -2.16. The third-order valence-electron chi connectivity index (χ3n) is 2.79. The van der Waals surface area contributed by atoms with E-state index in [9.17, 15) is 4.79 Å². The van der Waals surface area contributed by atoms with Crippen molar-refractivity contribution in [3.8, 4) is 0 Å². The van der Waals surface area contributed by atoms with E-state index in [0.717, 1.165) is 16.5 Å². The normalized spacial score (nSPS) is 12.9. The number of benzene rings is 1. The van der Waals surface area contributed by atoms with Gasteiger partial charge in [-0.05, 0) is 18.1 Å². The number of nitrogens with one attached hydrogen (secondary N) is 2. The van der Waals surface area contributed by atoms with Crippen molar-refractivity contribution in [3.05, 3.63) is 36.0 Å². The second-order valence-corrected chi connectivity index (χ2v) is 4.54. The zero-order valence-corrected chi connectivity index (χ0v) is 10.6. The predicted molar refractivity (Wildman–Crippen MR) is 71.8 cm³/mol. The van der Waals surface area contributed by atoms with Gasteiger partial charge in [0, 0.05) is 31.2 Å². The maximum Gasteiger partial charge on any atom is 0.251 e. The largest absolute Gasteiger partial charge is 0.361 e. The number of aromatic amines is 1. The summed E-state index contributed by atoms with van der Waals surface area (Å²) in [7, 11) is 3.52. The Balaban J connectivity index is 2.11. The number of hydrazine groups is 1. The maximum absolute atomic E-state index is 11.7. The highest BCUT2D eigenvalue weighted by molar-refractivity contribution is 5.85. The summed E-state index contributed by atoms with van der Waals surface area (Å²) in [4.78, 5) is 14.9. The van der Waals surface area contributed by atoms with Crippen molar-refractivity contribution in [1.82, 2.24) is 15.4 Å². The average Bonchev–Trinajstić information content (AvgIpc) is 2.72. The molecule has 5 heteroatoms. The Labute approximate surface area is 106 Å². The minimum Gasteiger partial charge on any atom is -0.361 e. The standard InChI is InChI=1S/C13H18N4O/c1-17(2)16-13(18)11(14)7-9-8-15-12-6-4-3-5-10(9)12/h3-6,8,11,15H,7,14H2,1-2H3,(H,16,18). The van der Waals surface area contributed by atoms with Crippen LogP contribution in [0.25, 0.3) is 10.9 Å². The van der Waals surface area contributed by atoms with Crippen molar-refractivity contribution in [3.63, 3.8) is 0 Å². The molecule has 0 aliphatic rings. The molecule has 1 aromatic heterocycles. The first-order valence-corrected chi connectivity index (χ1v) is 5.86. The lowest BCUT2D eigenvalue weighted by molar-refractivity contribution is -0.126. The molecule has 4 N–H and O–H groups in total. The van der Waals surface area contributed by atoms with Crippen LogP contribution in [0.2, 0.25) is 0 Å². The molecule has 0 bridgehead atoms. The number of aromatic nitrogens is 1. The number of fused-ring (bicyclic) bond motifs is 1. The van der Waals surface area contributed by atoms with Gasteiger partial charge < -0.3 is 10.7 Å². The summed E-state index contributed by atoms with van der Waals surface area (Å²) in [5, 5.41) is 2.71. The summed E-state index contributed by atoms with van der Waals surface area (Å²) in [6.45, 7) is 0. The van der Waals surface area contributed by atoms with Crippen LogP contribution in [-0.4, -0.2) is 36.0 Å². The van der Waals surface area contributed by atoms with Crippen LogP contribution in [0.4, 0.5) is 0 Å². The van der Waals surface area contributed by atoms with E-state index in [1.807, 2.05) is 30.5 Å². The molecule has 1 heterocycles. The number of nitrogens with two attached hydrogens (primary N) is 1. The number of hydrogen-bond acceptors (Lipinski definition) is 3. The second kappa shape index (κ2) is 5.20. The number of carbonyl (C=O) groups excluding carboxylic acids is 1. The smallest absolute Gasteiger partial charge is 0.251 e. The Morgan fingerprint density at radius 1 is 1.44 bits per heavy atom. The van der Waals surface area contributed by atoms with Gasteiger partial charge in [0.2, 0.25) is 0 Å². The third kappa shape index (κ3) is 2.69. The number of rotatable bonds is 4. The van der Waals surface area contributed by atoms with E-state index < -0.39 is 6.04 Å². The fraction of sp³-hybridized carbons (Fsp3) is 0.308. The molecule has 1 atom stereocenters. The molecule has 2 aromatic rings. The zero-order valence-electron chi connectivity index (χ0n) is 10.6. The summed E-state index contributed by atoms with van der Waals surface area (Å²) >= 11 is 0. The van der Waals surface area contributed by atoms with Gasteiger partial charge in [0.1, 0.15) is 0 Å². The molecule has 96 valence electrons. The fourth-order valence-electron chi connectivity index (χ4n) is 1.93. The van der Waals surface area contributed by atoms with Crippen molar-refractivity contribution in [2.24, 2.45) is 5.73 Å². The average molecular weight is 246 g/mol. The zero-order chi connectivity index (χ0) is 13.1. The van der Waals surface area contributed by atoms with Gasteiger partial charge in [0.05, 0.1) is 6.04 Å². The van der Waals surface area contributed by atoms with Crippen molar-refractivity contribution < 1.29 is 4.79 Å². The molecule has 5 nitrogen and oxygen atoms in total. The Morgan fingerprint density at radius 3 is 2.89 bits per heavy atom. The van der Waals surface area contributed by atoms with Gasteiger partial charge >= 0.3 is 0 Å². The minimum atomic E-state index is -0.549. The molecule has 0 saturated heterocycles. The quantitative estimate of drug-likeness (QED) is 0.693. The van der Waals surface area contributed by atoms with Crippen LogP contribution in [0.15, 0.2) is 30.5 Å². The molecule has 1 amide bonds. The van der Waals surface area contributed by atoms with E-state index in [1.165, 1.54) is 0 Å². The minimum absolute atomic E-state index is 0.176. The van der Waals surface area contributed by atoms with Gasteiger partial charge in [-0.1, -0.05) is 18.2 Å². The van der Waals surface area contributed by atoms with E-state index in [1.54, 1.807) is 19.1 Å². The molecule has 2 rings (SSSR count).